The number of rotatable bonds is 2. The Morgan fingerprint density at radius 3 is 2.64 bits per heavy atom. The van der Waals surface area contributed by atoms with Gasteiger partial charge in [-0.15, -0.1) is 12.3 Å². The van der Waals surface area contributed by atoms with Crippen LogP contribution >= 0.6 is 0 Å². The van der Waals surface area contributed by atoms with E-state index in [4.69, 9.17) is 11.3 Å². The molecule has 1 heterocycles. The third-order valence-corrected chi connectivity index (χ3v) is 2.24. The zero-order valence-electron chi connectivity index (χ0n) is 7.05. The molecule has 0 aromatic heterocycles. The Morgan fingerprint density at radius 2 is 2.18 bits per heavy atom. The summed E-state index contributed by atoms with van der Waals surface area (Å²) in [6.07, 6.45) is 8.52. The van der Waals surface area contributed by atoms with Crippen LogP contribution in [0.4, 0.5) is 0 Å². The van der Waals surface area contributed by atoms with Crippen LogP contribution in [-0.2, 0) is 4.84 Å². The lowest BCUT2D eigenvalue weighted by Gasteiger charge is -2.28. The molecule has 1 rings (SSSR count). The van der Waals surface area contributed by atoms with E-state index < -0.39 is 0 Å². The fourth-order valence-corrected chi connectivity index (χ4v) is 1.46. The second kappa shape index (κ2) is 4.38. The molecule has 1 aliphatic heterocycles. The molecule has 2 nitrogen and oxygen atoms in total. The van der Waals surface area contributed by atoms with E-state index in [1.54, 1.807) is 7.11 Å². The monoisotopic (exact) mass is 153 g/mol. The van der Waals surface area contributed by atoms with E-state index in [1.165, 1.54) is 12.8 Å². The average molecular weight is 153 g/mol. The van der Waals surface area contributed by atoms with Gasteiger partial charge in [0.05, 0.1) is 7.11 Å². The fraction of sp³-hybridized carbons (Fsp3) is 0.778. The molecule has 0 atom stereocenters. The Morgan fingerprint density at radius 1 is 1.55 bits per heavy atom. The molecule has 0 amide bonds. The Kier molecular flexibility index (Phi) is 3.41. The van der Waals surface area contributed by atoms with Crippen molar-refractivity contribution in [1.82, 2.24) is 5.06 Å². The Balaban J connectivity index is 2.20. The van der Waals surface area contributed by atoms with Crippen molar-refractivity contribution in [2.45, 2.75) is 19.3 Å². The molecule has 0 saturated carbocycles. The van der Waals surface area contributed by atoms with Crippen LogP contribution < -0.4 is 0 Å². The van der Waals surface area contributed by atoms with Crippen molar-refractivity contribution in [3.8, 4) is 12.3 Å². The summed E-state index contributed by atoms with van der Waals surface area (Å²) < 4.78 is 0. The first-order valence-electron chi connectivity index (χ1n) is 4.09. The Labute approximate surface area is 68.5 Å². The molecule has 0 unspecified atom stereocenters. The van der Waals surface area contributed by atoms with Crippen molar-refractivity contribution in [2.75, 3.05) is 20.2 Å². The van der Waals surface area contributed by atoms with Gasteiger partial charge in [-0.1, -0.05) is 0 Å². The van der Waals surface area contributed by atoms with Gasteiger partial charge in [-0.05, 0) is 18.8 Å². The van der Waals surface area contributed by atoms with Crippen LogP contribution in [0, 0.1) is 18.3 Å². The van der Waals surface area contributed by atoms with Crippen LogP contribution in [-0.4, -0.2) is 25.3 Å². The van der Waals surface area contributed by atoms with E-state index in [-0.39, 0.29) is 0 Å². The number of piperidine rings is 1. The minimum atomic E-state index is 0.728. The SMILES string of the molecule is C#CCC1CCN(OC)CC1. The first-order valence-corrected chi connectivity index (χ1v) is 4.09. The quantitative estimate of drug-likeness (QED) is 0.554. The predicted molar refractivity (Wildman–Crippen MR) is 44.8 cm³/mol. The maximum Gasteiger partial charge on any atom is 0.0575 e. The third-order valence-electron chi connectivity index (χ3n) is 2.24. The number of hydrogen-bond acceptors (Lipinski definition) is 2. The highest BCUT2D eigenvalue weighted by Gasteiger charge is 2.17. The van der Waals surface area contributed by atoms with Crippen LogP contribution in [0.3, 0.4) is 0 Å². The Hall–Kier alpha value is -0.520. The zero-order valence-corrected chi connectivity index (χ0v) is 7.05. The molecule has 0 spiro atoms. The molecule has 0 bridgehead atoms. The number of terminal acetylenes is 1. The molecule has 1 fully saturated rings. The summed E-state index contributed by atoms with van der Waals surface area (Å²) in [4.78, 5) is 5.10. The van der Waals surface area contributed by atoms with Gasteiger partial charge in [-0.2, -0.15) is 5.06 Å². The van der Waals surface area contributed by atoms with E-state index in [2.05, 4.69) is 5.92 Å². The van der Waals surface area contributed by atoms with Gasteiger partial charge >= 0.3 is 0 Å². The number of nitrogens with zero attached hydrogens (tertiary/aromatic N) is 1. The first-order chi connectivity index (χ1) is 5.36. The molecular weight excluding hydrogens is 138 g/mol. The van der Waals surface area contributed by atoms with Crippen LogP contribution in [0.15, 0.2) is 0 Å². The zero-order chi connectivity index (χ0) is 8.10. The van der Waals surface area contributed by atoms with E-state index in [1.807, 2.05) is 5.06 Å². The van der Waals surface area contributed by atoms with E-state index in [0.29, 0.717) is 0 Å². The van der Waals surface area contributed by atoms with E-state index in [9.17, 15) is 0 Å². The van der Waals surface area contributed by atoms with Gasteiger partial charge in [-0.3, -0.25) is 0 Å². The van der Waals surface area contributed by atoms with Gasteiger partial charge in [0.25, 0.3) is 0 Å². The van der Waals surface area contributed by atoms with Crippen molar-refractivity contribution in [2.24, 2.45) is 5.92 Å². The summed E-state index contributed by atoms with van der Waals surface area (Å²) in [5.74, 6) is 3.44. The maximum atomic E-state index is 5.23. The number of hydrogen-bond donors (Lipinski definition) is 0. The second-order valence-corrected chi connectivity index (χ2v) is 2.96. The molecule has 62 valence electrons. The van der Waals surface area contributed by atoms with E-state index >= 15 is 0 Å². The molecule has 0 aromatic carbocycles. The highest BCUT2D eigenvalue weighted by atomic mass is 16.7. The normalized spacial score (nSPS) is 21.5. The highest BCUT2D eigenvalue weighted by molar-refractivity contribution is 4.88. The first kappa shape index (κ1) is 8.58. The van der Waals surface area contributed by atoms with Crippen molar-refractivity contribution < 1.29 is 4.84 Å². The van der Waals surface area contributed by atoms with Crippen LogP contribution in [0.2, 0.25) is 0 Å². The topological polar surface area (TPSA) is 12.5 Å². The summed E-state index contributed by atoms with van der Waals surface area (Å²) in [7, 11) is 1.72. The maximum absolute atomic E-state index is 5.23. The van der Waals surface area contributed by atoms with Crippen molar-refractivity contribution in [1.29, 1.82) is 0 Å². The second-order valence-electron chi connectivity index (χ2n) is 2.96. The van der Waals surface area contributed by atoms with Gasteiger partial charge in [0, 0.05) is 19.5 Å². The molecule has 0 aromatic rings. The summed E-state index contributed by atoms with van der Waals surface area (Å²) in [6.45, 7) is 2.06. The van der Waals surface area contributed by atoms with Gasteiger partial charge < -0.3 is 4.84 Å². The predicted octanol–water partition coefficient (Wildman–Crippen LogP) is 1.28. The molecule has 0 aliphatic carbocycles. The molecular formula is C9H15NO. The molecule has 0 N–H and O–H groups in total. The van der Waals surface area contributed by atoms with Crippen molar-refractivity contribution >= 4 is 0 Å². The lowest BCUT2D eigenvalue weighted by Crippen LogP contribution is -2.32. The van der Waals surface area contributed by atoms with Crippen LogP contribution in [0.5, 0.6) is 0 Å². The summed E-state index contributed by atoms with van der Waals surface area (Å²) in [5, 5.41) is 1.99. The van der Waals surface area contributed by atoms with E-state index in [0.717, 1.165) is 25.4 Å². The smallest absolute Gasteiger partial charge is 0.0575 e. The summed E-state index contributed by atoms with van der Waals surface area (Å²) >= 11 is 0. The van der Waals surface area contributed by atoms with Gasteiger partial charge in [0.15, 0.2) is 0 Å². The lowest BCUT2D eigenvalue weighted by atomic mass is 9.95. The number of hydroxylamine groups is 2. The minimum Gasteiger partial charge on any atom is -0.302 e. The molecule has 0 radical (unpaired) electrons. The molecule has 2 heteroatoms. The largest absolute Gasteiger partial charge is 0.302 e. The van der Waals surface area contributed by atoms with Gasteiger partial charge in [-0.25, -0.2) is 0 Å². The molecule has 11 heavy (non-hydrogen) atoms. The average Bonchev–Trinajstić information content (AvgIpc) is 2.07. The molecule has 1 aliphatic rings. The Bertz CT molecular complexity index is 142. The van der Waals surface area contributed by atoms with Crippen molar-refractivity contribution in [3.63, 3.8) is 0 Å². The minimum absolute atomic E-state index is 0.728. The van der Waals surface area contributed by atoms with Crippen LogP contribution in [0.25, 0.3) is 0 Å². The van der Waals surface area contributed by atoms with Crippen LogP contribution in [0.1, 0.15) is 19.3 Å². The third kappa shape index (κ3) is 2.53. The lowest BCUT2D eigenvalue weighted by molar-refractivity contribution is -0.147. The van der Waals surface area contributed by atoms with Gasteiger partial charge in [0.1, 0.15) is 0 Å². The van der Waals surface area contributed by atoms with Crippen molar-refractivity contribution in [3.05, 3.63) is 0 Å². The standard InChI is InChI=1S/C9H15NO/c1-3-4-9-5-7-10(11-2)8-6-9/h1,9H,4-8H2,2H3. The summed E-state index contributed by atoms with van der Waals surface area (Å²) in [5.41, 5.74) is 0. The fourth-order valence-electron chi connectivity index (χ4n) is 1.46. The molecule has 1 saturated heterocycles. The van der Waals surface area contributed by atoms with Gasteiger partial charge in [0.2, 0.25) is 0 Å². The highest BCUT2D eigenvalue weighted by Crippen LogP contribution is 2.19. The summed E-state index contributed by atoms with van der Waals surface area (Å²) in [6, 6.07) is 0.